The van der Waals surface area contributed by atoms with Crippen LogP contribution in [0.2, 0.25) is 19.6 Å². The number of pyridine rings is 2. The van der Waals surface area contributed by atoms with E-state index in [-0.39, 0.29) is 20.1 Å². The van der Waals surface area contributed by atoms with Gasteiger partial charge in [0.25, 0.3) is 0 Å². The van der Waals surface area contributed by atoms with Crippen LogP contribution >= 0.6 is 11.3 Å². The molecule has 0 bridgehead atoms. The number of rotatable bonds is 4. The summed E-state index contributed by atoms with van der Waals surface area (Å²) in [7, 11) is -1.23. The molecule has 0 unspecified atom stereocenters. The van der Waals surface area contributed by atoms with Crippen LogP contribution in [0.25, 0.3) is 53.8 Å². The van der Waals surface area contributed by atoms with Gasteiger partial charge in [-0.05, 0) is 56.8 Å². The van der Waals surface area contributed by atoms with Crippen LogP contribution in [0, 0.1) is 19.1 Å². The molecule has 4 aromatic carbocycles. The largest absolute Gasteiger partial charge is 0.305 e. The summed E-state index contributed by atoms with van der Waals surface area (Å²) in [6.45, 7) is 9.11. The molecule has 2 nitrogen and oxygen atoms in total. The van der Waals surface area contributed by atoms with Gasteiger partial charge in [0.2, 0.25) is 0 Å². The first-order valence-corrected chi connectivity index (χ1v) is 18.5. The molecule has 43 heavy (non-hydrogen) atoms. The van der Waals surface area contributed by atoms with E-state index in [4.69, 9.17) is 0 Å². The molecule has 7 aromatic rings. The van der Waals surface area contributed by atoms with Crippen molar-refractivity contribution in [3.63, 3.8) is 0 Å². The van der Waals surface area contributed by atoms with Crippen molar-refractivity contribution < 1.29 is 20.1 Å². The van der Waals surface area contributed by atoms with Crippen molar-refractivity contribution in [2.24, 2.45) is 0 Å². The minimum absolute atomic E-state index is 0. The Morgan fingerprint density at radius 1 is 0.674 bits per heavy atom. The van der Waals surface area contributed by atoms with E-state index in [2.05, 4.69) is 109 Å². The zero-order valence-electron chi connectivity index (χ0n) is 24.7. The maximum Gasteiger partial charge on any atom is 0.0795 e. The van der Waals surface area contributed by atoms with E-state index in [1.807, 2.05) is 72.3 Å². The Hall–Kier alpha value is -3.73. The smallest absolute Gasteiger partial charge is 0.0795 e. The predicted molar refractivity (Wildman–Crippen MR) is 183 cm³/mol. The van der Waals surface area contributed by atoms with Crippen LogP contribution < -0.4 is 5.19 Å². The van der Waals surface area contributed by atoms with Crippen LogP contribution in [-0.2, 0) is 20.1 Å². The summed E-state index contributed by atoms with van der Waals surface area (Å²) in [6.07, 6.45) is 3.85. The van der Waals surface area contributed by atoms with Gasteiger partial charge < -0.3 is 9.97 Å². The van der Waals surface area contributed by atoms with Crippen molar-refractivity contribution in [3.05, 3.63) is 139 Å². The number of aromatic nitrogens is 2. The van der Waals surface area contributed by atoms with Crippen LogP contribution in [0.15, 0.2) is 122 Å². The third-order valence-electron chi connectivity index (χ3n) is 7.35. The summed E-state index contributed by atoms with van der Waals surface area (Å²) in [4.78, 5) is 9.04. The van der Waals surface area contributed by atoms with Crippen molar-refractivity contribution in [2.45, 2.75) is 26.6 Å². The number of hydrogen-bond acceptors (Lipinski definition) is 3. The maximum atomic E-state index is 4.52. The molecule has 0 atom stereocenters. The third kappa shape index (κ3) is 6.92. The monoisotopic (exact) mass is 769 g/mol. The zero-order chi connectivity index (χ0) is 29.1. The first-order chi connectivity index (χ1) is 20.4. The van der Waals surface area contributed by atoms with Gasteiger partial charge in [0, 0.05) is 37.2 Å². The number of hydrogen-bond donors (Lipinski definition) is 0. The number of aryl methyl sites for hydroxylation is 1. The molecule has 0 aliphatic rings. The van der Waals surface area contributed by atoms with Crippen LogP contribution in [0.1, 0.15) is 5.56 Å². The second kappa shape index (κ2) is 13.3. The molecule has 3 aromatic heterocycles. The summed E-state index contributed by atoms with van der Waals surface area (Å²) < 4.78 is 2.55. The molecule has 0 fully saturated rings. The Bertz CT molecular complexity index is 1940. The number of fused-ring (bicyclic) bond motifs is 3. The molecule has 0 spiro atoms. The Labute approximate surface area is 272 Å². The summed E-state index contributed by atoms with van der Waals surface area (Å²) in [5, 5.41) is 3.97. The Morgan fingerprint density at radius 3 is 2.14 bits per heavy atom. The van der Waals surface area contributed by atoms with Gasteiger partial charge in [-0.3, -0.25) is 0 Å². The van der Waals surface area contributed by atoms with E-state index in [0.717, 1.165) is 22.5 Å². The van der Waals surface area contributed by atoms with E-state index in [9.17, 15) is 0 Å². The first-order valence-electron chi connectivity index (χ1n) is 14.2. The van der Waals surface area contributed by atoms with Crippen molar-refractivity contribution in [2.75, 3.05) is 0 Å². The Kier molecular flexibility index (Phi) is 9.48. The average molecular weight is 769 g/mol. The van der Waals surface area contributed by atoms with Crippen LogP contribution in [0.5, 0.6) is 0 Å². The van der Waals surface area contributed by atoms with Gasteiger partial charge in [-0.1, -0.05) is 91.3 Å². The van der Waals surface area contributed by atoms with Crippen LogP contribution in [-0.4, -0.2) is 18.0 Å². The Morgan fingerprint density at radius 2 is 1.47 bits per heavy atom. The van der Waals surface area contributed by atoms with Gasteiger partial charge in [0.1, 0.15) is 0 Å². The van der Waals surface area contributed by atoms with E-state index in [1.54, 1.807) is 0 Å². The van der Waals surface area contributed by atoms with E-state index in [0.29, 0.717) is 0 Å². The number of benzene rings is 4. The summed E-state index contributed by atoms with van der Waals surface area (Å²) in [6, 6.07) is 44.5. The van der Waals surface area contributed by atoms with Crippen LogP contribution in [0.4, 0.5) is 0 Å². The minimum Gasteiger partial charge on any atom is -0.305 e. The van der Waals surface area contributed by atoms with Crippen molar-refractivity contribution in [1.82, 2.24) is 9.97 Å². The van der Waals surface area contributed by atoms with Crippen molar-refractivity contribution in [3.8, 4) is 33.6 Å². The van der Waals surface area contributed by atoms with Gasteiger partial charge in [-0.25, -0.2) is 0 Å². The molecular formula is C38H32IrN2SSi-2. The zero-order valence-corrected chi connectivity index (χ0v) is 28.9. The van der Waals surface area contributed by atoms with Gasteiger partial charge in [0.15, 0.2) is 0 Å². The molecule has 0 amide bonds. The Balaban J connectivity index is 0.000000188. The molecule has 3 heterocycles. The van der Waals surface area contributed by atoms with E-state index in [1.165, 1.54) is 42.0 Å². The normalized spacial score (nSPS) is 11.1. The van der Waals surface area contributed by atoms with E-state index < -0.39 is 8.07 Å². The second-order valence-electron chi connectivity index (χ2n) is 11.4. The fraction of sp³-hybridized carbons (Fsp3) is 0.105. The molecular weight excluding hydrogens is 737 g/mol. The standard InChI is InChI=1S/C24H16NS.C14H16NSi.Ir/c1-16-8-10-17(11-9-16)18-12-13-19-20-5-4-6-21(22-7-2-3-14-25-22)24(20)26-23(19)15-18;1-16(2,3)13-9-10-14(15-11-13)12-7-5-4-6-8-12;/h2-5,7-15H,1H3;4-7,9-11H,1-3H3;/q2*-1;. The quantitative estimate of drug-likeness (QED) is 0.132. The summed E-state index contributed by atoms with van der Waals surface area (Å²) in [5.74, 6) is 0. The summed E-state index contributed by atoms with van der Waals surface area (Å²) >= 11 is 1.82. The van der Waals surface area contributed by atoms with Crippen LogP contribution in [0.3, 0.4) is 0 Å². The molecule has 0 N–H and O–H groups in total. The molecule has 1 radical (unpaired) electrons. The van der Waals surface area contributed by atoms with Gasteiger partial charge in [-0.2, -0.15) is 11.3 Å². The predicted octanol–water partition coefficient (Wildman–Crippen LogP) is 9.98. The molecule has 0 saturated carbocycles. The third-order valence-corrected chi connectivity index (χ3v) is 10.6. The molecule has 215 valence electrons. The average Bonchev–Trinajstić information content (AvgIpc) is 3.40. The van der Waals surface area contributed by atoms with Gasteiger partial charge >= 0.3 is 0 Å². The van der Waals surface area contributed by atoms with E-state index >= 15 is 0 Å². The SMILES string of the molecule is C[Si](C)(C)c1ccc(-c2[c-]cccc2)nc1.Cc1ccc(-c2ccc3c(c2)sc2c(-c4ccccn4)[c-]ccc23)cc1.[Ir]. The molecule has 5 heteroatoms. The topological polar surface area (TPSA) is 25.8 Å². The molecule has 0 saturated heterocycles. The fourth-order valence-corrected chi connectivity index (χ4v) is 7.20. The fourth-order valence-electron chi connectivity index (χ4n) is 4.92. The van der Waals surface area contributed by atoms with Crippen molar-refractivity contribution >= 4 is 44.8 Å². The number of thiophene rings is 1. The molecule has 7 rings (SSSR count). The van der Waals surface area contributed by atoms with Crippen molar-refractivity contribution in [1.29, 1.82) is 0 Å². The summed E-state index contributed by atoms with van der Waals surface area (Å²) in [5.41, 5.74) is 7.92. The number of nitrogens with zero attached hydrogens (tertiary/aromatic N) is 2. The van der Waals surface area contributed by atoms with Gasteiger partial charge in [-0.15, -0.1) is 59.7 Å². The molecule has 0 aliphatic heterocycles. The molecule has 0 aliphatic carbocycles. The van der Waals surface area contributed by atoms with Gasteiger partial charge in [0.05, 0.1) is 8.07 Å². The first kappa shape index (κ1) is 30.7. The maximum absolute atomic E-state index is 4.52. The minimum atomic E-state index is -1.23. The second-order valence-corrected chi connectivity index (χ2v) is 17.6.